The predicted molar refractivity (Wildman–Crippen MR) is 71.5 cm³/mol. The van der Waals surface area contributed by atoms with Gasteiger partial charge in [0.1, 0.15) is 10.6 Å². The number of carboxylic acid groups (broad SMARTS) is 1. The first kappa shape index (κ1) is 12.4. The highest BCUT2D eigenvalue weighted by atomic mass is 32.1. The smallest absolute Gasteiger partial charge is 0.346 e. The van der Waals surface area contributed by atoms with Crippen molar-refractivity contribution in [2.75, 3.05) is 11.9 Å². The highest BCUT2D eigenvalue weighted by Crippen LogP contribution is 2.23. The van der Waals surface area contributed by atoms with Crippen LogP contribution in [0.3, 0.4) is 0 Å². The van der Waals surface area contributed by atoms with Crippen molar-refractivity contribution in [3.63, 3.8) is 0 Å². The monoisotopic (exact) mass is 263 g/mol. The Morgan fingerprint density at radius 3 is 2.83 bits per heavy atom. The minimum Gasteiger partial charge on any atom is -0.508 e. The molecule has 4 nitrogen and oxygen atoms in total. The lowest BCUT2D eigenvalue weighted by Gasteiger charge is -2.19. The van der Waals surface area contributed by atoms with Crippen molar-refractivity contribution in [3.8, 4) is 5.75 Å². The molecule has 1 aromatic heterocycles. The van der Waals surface area contributed by atoms with E-state index in [0.29, 0.717) is 11.4 Å². The van der Waals surface area contributed by atoms with Crippen molar-refractivity contribution in [1.29, 1.82) is 0 Å². The fourth-order valence-electron chi connectivity index (χ4n) is 1.73. The summed E-state index contributed by atoms with van der Waals surface area (Å²) in [4.78, 5) is 13.3. The number of phenolic OH excluding ortho intramolecular Hbond substituents is 1. The molecule has 0 bridgehead atoms. The van der Waals surface area contributed by atoms with Crippen LogP contribution in [0, 0.1) is 0 Å². The minimum atomic E-state index is -0.899. The molecule has 0 aliphatic heterocycles. The zero-order valence-corrected chi connectivity index (χ0v) is 10.6. The molecule has 0 saturated carbocycles. The lowest BCUT2D eigenvalue weighted by atomic mass is 10.2. The molecule has 2 aromatic rings. The second-order valence-electron chi connectivity index (χ2n) is 3.96. The van der Waals surface area contributed by atoms with E-state index in [-0.39, 0.29) is 5.75 Å². The molecule has 0 fully saturated rings. The highest BCUT2D eigenvalue weighted by Gasteiger charge is 2.13. The number of rotatable bonds is 4. The van der Waals surface area contributed by atoms with Crippen LogP contribution in [0.15, 0.2) is 35.7 Å². The van der Waals surface area contributed by atoms with Crippen LogP contribution in [0.4, 0.5) is 5.69 Å². The van der Waals surface area contributed by atoms with Crippen molar-refractivity contribution in [2.45, 2.75) is 6.54 Å². The lowest BCUT2D eigenvalue weighted by molar-refractivity contribution is 0.0701. The number of thiophene rings is 1. The maximum absolute atomic E-state index is 11.0. The quantitative estimate of drug-likeness (QED) is 0.890. The van der Waals surface area contributed by atoms with Crippen LogP contribution in [0.5, 0.6) is 5.75 Å². The largest absolute Gasteiger partial charge is 0.508 e. The molecule has 0 saturated heterocycles. The molecule has 94 valence electrons. The van der Waals surface area contributed by atoms with Gasteiger partial charge in [0.2, 0.25) is 0 Å². The Labute approximate surface area is 109 Å². The summed E-state index contributed by atoms with van der Waals surface area (Å²) in [7, 11) is 1.86. The SMILES string of the molecule is CN(Cc1ccsc1C(=O)O)c1cccc(O)c1. The molecule has 1 aromatic carbocycles. The van der Waals surface area contributed by atoms with E-state index in [1.165, 1.54) is 11.3 Å². The number of benzene rings is 1. The Hall–Kier alpha value is -2.01. The molecule has 2 N–H and O–H groups in total. The van der Waals surface area contributed by atoms with Gasteiger partial charge in [-0.2, -0.15) is 0 Å². The molecule has 0 spiro atoms. The van der Waals surface area contributed by atoms with Gasteiger partial charge in [-0.05, 0) is 29.1 Å². The Morgan fingerprint density at radius 1 is 1.39 bits per heavy atom. The van der Waals surface area contributed by atoms with Gasteiger partial charge in [-0.3, -0.25) is 0 Å². The molecule has 0 aliphatic carbocycles. The van der Waals surface area contributed by atoms with E-state index in [4.69, 9.17) is 5.11 Å². The predicted octanol–water partition coefficient (Wildman–Crippen LogP) is 2.79. The van der Waals surface area contributed by atoms with E-state index in [1.54, 1.807) is 23.6 Å². The second-order valence-corrected chi connectivity index (χ2v) is 4.87. The third-order valence-corrected chi connectivity index (χ3v) is 3.56. The average Bonchev–Trinajstić information content (AvgIpc) is 2.77. The first-order valence-electron chi connectivity index (χ1n) is 5.38. The number of carboxylic acids is 1. The minimum absolute atomic E-state index is 0.197. The van der Waals surface area contributed by atoms with Gasteiger partial charge in [0.15, 0.2) is 0 Å². The summed E-state index contributed by atoms with van der Waals surface area (Å²) in [6.45, 7) is 0.495. The highest BCUT2D eigenvalue weighted by molar-refractivity contribution is 7.12. The summed E-state index contributed by atoms with van der Waals surface area (Å²) < 4.78 is 0. The first-order chi connectivity index (χ1) is 8.58. The number of phenols is 1. The lowest BCUT2D eigenvalue weighted by Crippen LogP contribution is -2.17. The van der Waals surface area contributed by atoms with Crippen LogP contribution >= 0.6 is 11.3 Å². The molecular weight excluding hydrogens is 250 g/mol. The molecular formula is C13H13NO3S. The normalized spacial score (nSPS) is 10.3. The Balaban J connectivity index is 2.18. The number of anilines is 1. The van der Waals surface area contributed by atoms with E-state index >= 15 is 0 Å². The molecule has 0 atom stereocenters. The van der Waals surface area contributed by atoms with Gasteiger partial charge in [0.25, 0.3) is 0 Å². The zero-order valence-electron chi connectivity index (χ0n) is 9.83. The van der Waals surface area contributed by atoms with Gasteiger partial charge >= 0.3 is 5.97 Å². The molecule has 0 amide bonds. The molecule has 18 heavy (non-hydrogen) atoms. The third-order valence-electron chi connectivity index (χ3n) is 2.62. The van der Waals surface area contributed by atoms with E-state index in [9.17, 15) is 9.90 Å². The third kappa shape index (κ3) is 2.62. The molecule has 0 unspecified atom stereocenters. The van der Waals surface area contributed by atoms with E-state index in [0.717, 1.165) is 11.3 Å². The standard InChI is InChI=1S/C13H13NO3S/c1-14(10-3-2-4-11(15)7-10)8-9-5-6-18-12(9)13(16)17/h2-7,15H,8H2,1H3,(H,16,17). The summed E-state index contributed by atoms with van der Waals surface area (Å²) in [5.41, 5.74) is 1.62. The van der Waals surface area contributed by atoms with Crippen LogP contribution in [0.1, 0.15) is 15.2 Å². The summed E-state index contributed by atoms with van der Waals surface area (Å²) in [6.07, 6.45) is 0. The van der Waals surface area contributed by atoms with Gasteiger partial charge in [0.05, 0.1) is 0 Å². The van der Waals surface area contributed by atoms with Gasteiger partial charge in [-0.15, -0.1) is 11.3 Å². The number of carbonyl (C=O) groups is 1. The van der Waals surface area contributed by atoms with Gasteiger partial charge in [-0.25, -0.2) is 4.79 Å². The zero-order chi connectivity index (χ0) is 13.1. The van der Waals surface area contributed by atoms with Crippen molar-refractivity contribution in [2.24, 2.45) is 0 Å². The maximum Gasteiger partial charge on any atom is 0.346 e. The Kier molecular flexibility index (Phi) is 3.53. The summed E-state index contributed by atoms with van der Waals surface area (Å²) >= 11 is 1.22. The van der Waals surface area contributed by atoms with Crippen LogP contribution in [0.2, 0.25) is 0 Å². The Morgan fingerprint density at radius 2 is 2.17 bits per heavy atom. The Bertz CT molecular complexity index is 565. The van der Waals surface area contributed by atoms with Gasteiger partial charge < -0.3 is 15.1 Å². The summed E-state index contributed by atoms with van der Waals surface area (Å²) in [5.74, 6) is -0.701. The number of aromatic carboxylic acids is 1. The number of hydrogen-bond acceptors (Lipinski definition) is 4. The van der Waals surface area contributed by atoms with Crippen molar-refractivity contribution in [3.05, 3.63) is 46.2 Å². The number of aromatic hydroxyl groups is 1. The van der Waals surface area contributed by atoms with E-state index in [1.807, 2.05) is 24.1 Å². The molecule has 5 heteroatoms. The second kappa shape index (κ2) is 5.10. The average molecular weight is 263 g/mol. The maximum atomic E-state index is 11.0. The van der Waals surface area contributed by atoms with E-state index in [2.05, 4.69) is 0 Å². The van der Waals surface area contributed by atoms with Crippen LogP contribution in [-0.4, -0.2) is 23.2 Å². The van der Waals surface area contributed by atoms with Crippen molar-refractivity contribution < 1.29 is 15.0 Å². The number of nitrogens with zero attached hydrogens (tertiary/aromatic N) is 1. The van der Waals surface area contributed by atoms with Gasteiger partial charge in [-0.1, -0.05) is 6.07 Å². The van der Waals surface area contributed by atoms with Crippen LogP contribution in [-0.2, 0) is 6.54 Å². The van der Waals surface area contributed by atoms with Crippen LogP contribution < -0.4 is 4.90 Å². The fraction of sp³-hybridized carbons (Fsp3) is 0.154. The van der Waals surface area contributed by atoms with Crippen molar-refractivity contribution >= 4 is 23.0 Å². The van der Waals surface area contributed by atoms with Gasteiger partial charge in [0, 0.05) is 25.3 Å². The van der Waals surface area contributed by atoms with Crippen molar-refractivity contribution in [1.82, 2.24) is 0 Å². The topological polar surface area (TPSA) is 60.8 Å². The molecule has 1 heterocycles. The van der Waals surface area contributed by atoms with E-state index < -0.39 is 5.97 Å². The molecule has 0 radical (unpaired) electrons. The fourth-order valence-corrected chi connectivity index (χ4v) is 2.48. The van der Waals surface area contributed by atoms with Crippen LogP contribution in [0.25, 0.3) is 0 Å². The summed E-state index contributed by atoms with van der Waals surface area (Å²) in [6, 6.07) is 8.68. The first-order valence-corrected chi connectivity index (χ1v) is 6.25. The summed E-state index contributed by atoms with van der Waals surface area (Å²) in [5, 5.41) is 20.2. The molecule has 0 aliphatic rings. The molecule has 2 rings (SSSR count). The number of hydrogen-bond donors (Lipinski definition) is 2.